The molecule has 17 heavy (non-hydrogen) atoms. The molecule has 0 saturated carbocycles. The number of rotatable bonds is 4. The lowest BCUT2D eigenvalue weighted by Crippen LogP contribution is -2.11. The lowest BCUT2D eigenvalue weighted by Gasteiger charge is -2.10. The largest absolute Gasteiger partial charge is 0.505 e. The molecule has 0 radical (unpaired) electrons. The summed E-state index contributed by atoms with van der Waals surface area (Å²) in [6.07, 6.45) is -2.51. The predicted octanol–water partition coefficient (Wildman–Crippen LogP) is 2.48. The molecule has 1 aromatic rings. The molecule has 0 atom stereocenters. The summed E-state index contributed by atoms with van der Waals surface area (Å²) in [7, 11) is 0. The van der Waals surface area contributed by atoms with E-state index in [1.54, 1.807) is 6.92 Å². The molecular formula is C10H10ClF2NO3. The molecule has 0 bridgehead atoms. The number of carbonyl (C=O) groups is 1. The minimum Gasteiger partial charge on any atom is -0.505 e. The van der Waals surface area contributed by atoms with Gasteiger partial charge in [-0.25, -0.2) is 8.78 Å². The van der Waals surface area contributed by atoms with Crippen LogP contribution in [0.1, 0.15) is 24.6 Å². The number of hydrogen-bond acceptors (Lipinski definition) is 4. The topological polar surface area (TPSA) is 59.4 Å². The highest BCUT2D eigenvalue weighted by Crippen LogP contribution is 2.32. The Kier molecular flexibility index (Phi) is 4.62. The zero-order valence-electron chi connectivity index (χ0n) is 8.91. The Bertz CT molecular complexity index is 426. The van der Waals surface area contributed by atoms with Crippen molar-refractivity contribution in [3.05, 3.63) is 22.5 Å². The van der Waals surface area contributed by atoms with Gasteiger partial charge in [-0.3, -0.25) is 9.78 Å². The van der Waals surface area contributed by atoms with Gasteiger partial charge in [-0.2, -0.15) is 0 Å². The lowest BCUT2D eigenvalue weighted by molar-refractivity contribution is -0.142. The zero-order chi connectivity index (χ0) is 13.0. The van der Waals surface area contributed by atoms with Crippen LogP contribution in [-0.2, 0) is 16.0 Å². The molecule has 0 aliphatic carbocycles. The second-order valence-electron chi connectivity index (χ2n) is 3.10. The van der Waals surface area contributed by atoms with Crippen molar-refractivity contribution in [2.75, 3.05) is 6.61 Å². The predicted molar refractivity (Wildman–Crippen MR) is 56.2 cm³/mol. The van der Waals surface area contributed by atoms with E-state index in [2.05, 4.69) is 9.72 Å². The minimum absolute atomic E-state index is 0.132. The van der Waals surface area contributed by atoms with Gasteiger partial charge in [-0.05, 0) is 6.92 Å². The van der Waals surface area contributed by atoms with E-state index in [1.807, 2.05) is 0 Å². The number of ether oxygens (including phenoxy) is 1. The maximum atomic E-state index is 12.6. The summed E-state index contributed by atoms with van der Waals surface area (Å²) in [6.45, 7) is 1.72. The van der Waals surface area contributed by atoms with E-state index < -0.39 is 30.3 Å². The molecule has 0 spiro atoms. The van der Waals surface area contributed by atoms with E-state index >= 15 is 0 Å². The molecule has 4 nitrogen and oxygen atoms in total. The Morgan fingerprint density at radius 2 is 2.29 bits per heavy atom. The van der Waals surface area contributed by atoms with Gasteiger partial charge in [-0.15, -0.1) is 0 Å². The maximum Gasteiger partial charge on any atom is 0.310 e. The molecule has 94 valence electrons. The van der Waals surface area contributed by atoms with Crippen LogP contribution in [0.4, 0.5) is 8.78 Å². The first-order valence-electron chi connectivity index (χ1n) is 4.77. The third-order valence-corrected chi connectivity index (χ3v) is 2.38. The van der Waals surface area contributed by atoms with Gasteiger partial charge in [-0.1, -0.05) is 11.6 Å². The number of esters is 1. The van der Waals surface area contributed by atoms with Gasteiger partial charge in [0.1, 0.15) is 5.69 Å². The average molecular weight is 266 g/mol. The van der Waals surface area contributed by atoms with Crippen molar-refractivity contribution in [2.24, 2.45) is 0 Å². The first-order valence-corrected chi connectivity index (χ1v) is 5.15. The molecule has 1 aromatic heterocycles. The molecule has 0 fully saturated rings. The van der Waals surface area contributed by atoms with Gasteiger partial charge in [0.2, 0.25) is 0 Å². The van der Waals surface area contributed by atoms with Gasteiger partial charge in [0.05, 0.1) is 24.2 Å². The molecule has 7 heteroatoms. The molecule has 1 heterocycles. The van der Waals surface area contributed by atoms with E-state index in [-0.39, 0.29) is 17.2 Å². The minimum atomic E-state index is -2.88. The standard InChI is InChI=1S/C10H10ClF2NO3/c1-2-17-7(16)3-5-8(11)6(15)4-14-9(5)10(12)13/h4,10,15H,2-3H2,1H3. The van der Waals surface area contributed by atoms with Crippen LogP contribution in [0.2, 0.25) is 5.02 Å². The Hall–Kier alpha value is -1.43. The highest BCUT2D eigenvalue weighted by molar-refractivity contribution is 6.33. The SMILES string of the molecule is CCOC(=O)Cc1c(C(F)F)ncc(O)c1Cl. The second kappa shape index (κ2) is 5.77. The van der Waals surface area contributed by atoms with Gasteiger partial charge in [0.15, 0.2) is 5.75 Å². The number of halogens is 3. The van der Waals surface area contributed by atoms with Crippen LogP contribution in [0.25, 0.3) is 0 Å². The van der Waals surface area contributed by atoms with Crippen LogP contribution in [0.5, 0.6) is 5.75 Å². The van der Waals surface area contributed by atoms with Gasteiger partial charge >= 0.3 is 5.97 Å². The first kappa shape index (κ1) is 13.6. The highest BCUT2D eigenvalue weighted by Gasteiger charge is 2.22. The van der Waals surface area contributed by atoms with Crippen molar-refractivity contribution in [3.8, 4) is 5.75 Å². The molecule has 0 aliphatic rings. The number of aromatic nitrogens is 1. The van der Waals surface area contributed by atoms with Crippen molar-refractivity contribution in [1.29, 1.82) is 0 Å². The van der Waals surface area contributed by atoms with E-state index in [0.29, 0.717) is 0 Å². The Morgan fingerprint density at radius 1 is 1.65 bits per heavy atom. The van der Waals surface area contributed by atoms with Crippen LogP contribution in [0, 0.1) is 0 Å². The number of hydrogen-bond donors (Lipinski definition) is 1. The number of aromatic hydroxyl groups is 1. The normalized spacial score (nSPS) is 10.6. The Morgan fingerprint density at radius 3 is 2.82 bits per heavy atom. The van der Waals surface area contributed by atoms with Crippen molar-refractivity contribution in [1.82, 2.24) is 4.98 Å². The van der Waals surface area contributed by atoms with E-state index in [0.717, 1.165) is 6.20 Å². The molecule has 0 aliphatic heterocycles. The number of alkyl halides is 2. The molecule has 0 aromatic carbocycles. The molecule has 0 amide bonds. The summed E-state index contributed by atoms with van der Waals surface area (Å²) in [5, 5.41) is 8.96. The molecular weight excluding hydrogens is 256 g/mol. The van der Waals surface area contributed by atoms with E-state index in [4.69, 9.17) is 11.6 Å². The fourth-order valence-electron chi connectivity index (χ4n) is 1.24. The summed E-state index contributed by atoms with van der Waals surface area (Å²) < 4.78 is 29.9. The van der Waals surface area contributed by atoms with Crippen LogP contribution in [-0.4, -0.2) is 22.7 Å². The summed E-state index contributed by atoms with van der Waals surface area (Å²) in [4.78, 5) is 14.6. The van der Waals surface area contributed by atoms with Crippen molar-refractivity contribution in [2.45, 2.75) is 19.8 Å². The third kappa shape index (κ3) is 3.26. The van der Waals surface area contributed by atoms with Crippen molar-refractivity contribution >= 4 is 17.6 Å². The molecule has 1 rings (SSSR count). The first-order chi connectivity index (χ1) is 7.97. The van der Waals surface area contributed by atoms with Crippen molar-refractivity contribution in [3.63, 3.8) is 0 Å². The lowest BCUT2D eigenvalue weighted by atomic mass is 10.1. The van der Waals surface area contributed by atoms with E-state index in [1.165, 1.54) is 0 Å². The monoisotopic (exact) mass is 265 g/mol. The molecule has 1 N–H and O–H groups in total. The number of nitrogens with zero attached hydrogens (tertiary/aromatic N) is 1. The fourth-order valence-corrected chi connectivity index (χ4v) is 1.46. The fraction of sp³-hybridized carbons (Fsp3) is 0.400. The molecule has 0 saturated heterocycles. The Balaban J connectivity index is 3.10. The Labute approximate surface area is 101 Å². The summed E-state index contributed by atoms with van der Waals surface area (Å²) in [6, 6.07) is 0. The van der Waals surface area contributed by atoms with Gasteiger partial charge in [0, 0.05) is 5.56 Å². The summed E-state index contributed by atoms with van der Waals surface area (Å²) in [5.41, 5.74) is -0.832. The zero-order valence-corrected chi connectivity index (χ0v) is 9.67. The van der Waals surface area contributed by atoms with Crippen molar-refractivity contribution < 1.29 is 23.4 Å². The second-order valence-corrected chi connectivity index (χ2v) is 3.48. The van der Waals surface area contributed by atoms with Crippen LogP contribution in [0.3, 0.4) is 0 Å². The van der Waals surface area contributed by atoms with Crippen LogP contribution in [0.15, 0.2) is 6.20 Å². The molecule has 0 unspecified atom stereocenters. The number of pyridine rings is 1. The maximum absolute atomic E-state index is 12.6. The van der Waals surface area contributed by atoms with Crippen LogP contribution >= 0.6 is 11.6 Å². The van der Waals surface area contributed by atoms with Crippen LogP contribution < -0.4 is 0 Å². The summed E-state index contributed by atoms with van der Waals surface area (Å²) in [5.74, 6) is -1.15. The number of carbonyl (C=O) groups excluding carboxylic acids is 1. The highest BCUT2D eigenvalue weighted by atomic mass is 35.5. The summed E-state index contributed by atoms with van der Waals surface area (Å²) >= 11 is 5.66. The van der Waals surface area contributed by atoms with Gasteiger partial charge in [0.25, 0.3) is 6.43 Å². The van der Waals surface area contributed by atoms with Gasteiger partial charge < -0.3 is 9.84 Å². The van der Waals surface area contributed by atoms with E-state index in [9.17, 15) is 18.7 Å². The average Bonchev–Trinajstić information content (AvgIpc) is 2.25. The third-order valence-electron chi connectivity index (χ3n) is 1.96. The quantitative estimate of drug-likeness (QED) is 0.850. The smallest absolute Gasteiger partial charge is 0.310 e.